The van der Waals surface area contributed by atoms with Crippen LogP contribution in [0.1, 0.15) is 5.56 Å². The van der Waals surface area contributed by atoms with Crippen LogP contribution < -0.4 is 0 Å². The number of nitrogens with one attached hydrogen (secondary N) is 1. The zero-order valence-electron chi connectivity index (χ0n) is 10.7. The third kappa shape index (κ3) is 2.31. The number of pyridine rings is 1. The van der Waals surface area contributed by atoms with Crippen LogP contribution in [-0.2, 0) is 0 Å². The summed E-state index contributed by atoms with van der Waals surface area (Å²) in [5, 5.41) is 11.2. The van der Waals surface area contributed by atoms with Crippen LogP contribution in [0.5, 0.6) is 0 Å². The predicted molar refractivity (Wildman–Crippen MR) is 75.7 cm³/mol. The first kappa shape index (κ1) is 13.4. The highest BCUT2D eigenvalue weighted by atomic mass is 35.5. The van der Waals surface area contributed by atoms with Gasteiger partial charge in [0.25, 0.3) is 5.69 Å². The number of nitro benzene ring substituents is 1. The molecule has 8 heteroatoms. The summed E-state index contributed by atoms with van der Waals surface area (Å²) in [6.07, 6.45) is 0. The molecule has 0 aliphatic rings. The molecule has 1 N–H and O–H groups in total. The van der Waals surface area contributed by atoms with Gasteiger partial charge in [-0.15, -0.1) is 0 Å². The van der Waals surface area contributed by atoms with Crippen LogP contribution in [0.3, 0.4) is 0 Å². The molecular weight excluding hydrogens is 299 g/mol. The van der Waals surface area contributed by atoms with Gasteiger partial charge in [-0.3, -0.25) is 10.1 Å². The molecule has 0 spiro atoms. The second kappa shape index (κ2) is 4.78. The highest BCUT2D eigenvalue weighted by Crippen LogP contribution is 2.30. The van der Waals surface area contributed by atoms with Crippen LogP contribution in [0, 0.1) is 22.9 Å². The molecule has 2 aromatic heterocycles. The highest BCUT2D eigenvalue weighted by Gasteiger charge is 2.19. The van der Waals surface area contributed by atoms with Gasteiger partial charge >= 0.3 is 0 Å². The molecular formula is C13H8ClFN4O2. The molecule has 0 atom stereocenters. The molecule has 2 heterocycles. The second-order valence-corrected chi connectivity index (χ2v) is 4.83. The summed E-state index contributed by atoms with van der Waals surface area (Å²) in [6.45, 7) is 1.54. The van der Waals surface area contributed by atoms with Crippen LogP contribution >= 0.6 is 11.6 Å². The molecule has 0 saturated carbocycles. The van der Waals surface area contributed by atoms with Gasteiger partial charge in [0.2, 0.25) is 0 Å². The Hall–Kier alpha value is -2.54. The van der Waals surface area contributed by atoms with E-state index in [0.717, 1.165) is 6.07 Å². The fraction of sp³-hybridized carbons (Fsp3) is 0.0769. The summed E-state index contributed by atoms with van der Waals surface area (Å²) < 4.78 is 13.6. The van der Waals surface area contributed by atoms with Gasteiger partial charge < -0.3 is 4.98 Å². The van der Waals surface area contributed by atoms with Gasteiger partial charge in [-0.25, -0.2) is 14.4 Å². The van der Waals surface area contributed by atoms with E-state index >= 15 is 0 Å². The molecule has 1 aromatic carbocycles. The van der Waals surface area contributed by atoms with E-state index in [1.54, 1.807) is 19.1 Å². The van der Waals surface area contributed by atoms with Crippen LogP contribution in [-0.4, -0.2) is 19.9 Å². The molecule has 0 amide bonds. The van der Waals surface area contributed by atoms with Crippen LogP contribution in [0.25, 0.3) is 22.6 Å². The summed E-state index contributed by atoms with van der Waals surface area (Å²) in [5.74, 6) is -0.395. The molecule has 3 rings (SSSR count). The van der Waals surface area contributed by atoms with Gasteiger partial charge in [-0.2, -0.15) is 0 Å². The van der Waals surface area contributed by atoms with E-state index in [9.17, 15) is 14.5 Å². The van der Waals surface area contributed by atoms with E-state index in [1.807, 2.05) is 0 Å². The molecule has 0 aliphatic carbocycles. The lowest BCUT2D eigenvalue weighted by atomic mass is 10.1. The van der Waals surface area contributed by atoms with Crippen LogP contribution in [0.2, 0.25) is 5.15 Å². The van der Waals surface area contributed by atoms with Gasteiger partial charge in [0.1, 0.15) is 16.8 Å². The first-order valence-electron chi connectivity index (χ1n) is 5.93. The van der Waals surface area contributed by atoms with Gasteiger partial charge in [0.05, 0.1) is 16.5 Å². The molecule has 0 unspecified atom stereocenters. The molecule has 106 valence electrons. The fourth-order valence-electron chi connectivity index (χ4n) is 2.10. The maximum Gasteiger partial charge on any atom is 0.275 e. The van der Waals surface area contributed by atoms with E-state index in [2.05, 4.69) is 15.0 Å². The number of H-pyrrole nitrogens is 1. The van der Waals surface area contributed by atoms with E-state index < -0.39 is 10.7 Å². The second-order valence-electron chi connectivity index (χ2n) is 4.45. The number of halogens is 2. The van der Waals surface area contributed by atoms with E-state index in [-0.39, 0.29) is 10.8 Å². The van der Waals surface area contributed by atoms with Crippen molar-refractivity contribution >= 4 is 28.5 Å². The summed E-state index contributed by atoms with van der Waals surface area (Å²) in [5.41, 5.74) is 1.32. The molecule has 0 radical (unpaired) electrons. The van der Waals surface area contributed by atoms with Gasteiger partial charge in [-0.1, -0.05) is 11.6 Å². The highest BCUT2D eigenvalue weighted by molar-refractivity contribution is 6.29. The zero-order valence-corrected chi connectivity index (χ0v) is 11.5. The van der Waals surface area contributed by atoms with E-state index in [0.29, 0.717) is 28.1 Å². The molecule has 6 nitrogen and oxygen atoms in total. The summed E-state index contributed by atoms with van der Waals surface area (Å²) >= 11 is 5.78. The van der Waals surface area contributed by atoms with E-state index in [1.165, 1.54) is 6.07 Å². The molecule has 0 bridgehead atoms. The van der Waals surface area contributed by atoms with Crippen molar-refractivity contribution < 1.29 is 9.31 Å². The SMILES string of the molecule is Cc1c(-c2nc3nc(Cl)ccc3[nH]2)cc(F)cc1[N+](=O)[O-]. The molecule has 0 aliphatic heterocycles. The minimum atomic E-state index is -0.700. The lowest BCUT2D eigenvalue weighted by Crippen LogP contribution is -1.96. The topological polar surface area (TPSA) is 84.7 Å². The summed E-state index contributed by atoms with van der Waals surface area (Å²) in [7, 11) is 0. The number of fused-ring (bicyclic) bond motifs is 1. The van der Waals surface area contributed by atoms with Gasteiger partial charge in [-0.05, 0) is 25.1 Å². The Morgan fingerprint density at radius 2 is 2.10 bits per heavy atom. The smallest absolute Gasteiger partial charge is 0.275 e. The number of nitro groups is 1. The van der Waals surface area contributed by atoms with Crippen molar-refractivity contribution in [3.8, 4) is 11.4 Å². The minimum Gasteiger partial charge on any atom is -0.337 e. The van der Waals surface area contributed by atoms with Crippen molar-refractivity contribution in [3.63, 3.8) is 0 Å². The third-order valence-corrected chi connectivity index (χ3v) is 3.32. The molecule has 21 heavy (non-hydrogen) atoms. The summed E-state index contributed by atoms with van der Waals surface area (Å²) in [4.78, 5) is 21.5. The number of nitrogens with zero attached hydrogens (tertiary/aromatic N) is 3. The van der Waals surface area contributed by atoms with Crippen molar-refractivity contribution in [2.45, 2.75) is 6.92 Å². The summed E-state index contributed by atoms with van der Waals surface area (Å²) in [6, 6.07) is 5.36. The van der Waals surface area contributed by atoms with Crippen LogP contribution in [0.4, 0.5) is 10.1 Å². The van der Waals surface area contributed by atoms with Crippen molar-refractivity contribution in [2.75, 3.05) is 0 Å². The minimum absolute atomic E-state index is 0.280. The van der Waals surface area contributed by atoms with Crippen molar-refractivity contribution in [1.29, 1.82) is 0 Å². The number of aromatic nitrogens is 3. The number of aromatic amines is 1. The lowest BCUT2D eigenvalue weighted by molar-refractivity contribution is -0.385. The molecule has 0 fully saturated rings. The standard InChI is InChI=1S/C13H8ClFN4O2/c1-6-8(4-7(15)5-10(6)19(20)21)12-16-9-2-3-11(14)17-13(9)18-12/h2-5H,1H3,(H,16,17,18). The van der Waals surface area contributed by atoms with Crippen LogP contribution in [0.15, 0.2) is 24.3 Å². The number of rotatable bonds is 2. The maximum absolute atomic E-state index is 13.6. The Morgan fingerprint density at radius 3 is 2.81 bits per heavy atom. The Balaban J connectivity index is 2.24. The van der Waals surface area contributed by atoms with Crippen molar-refractivity contribution in [3.05, 3.63) is 50.9 Å². The average Bonchev–Trinajstić information content (AvgIpc) is 2.83. The van der Waals surface area contributed by atoms with Gasteiger partial charge in [0, 0.05) is 11.1 Å². The first-order chi connectivity index (χ1) is 9.95. The lowest BCUT2D eigenvalue weighted by Gasteiger charge is -2.03. The van der Waals surface area contributed by atoms with Crippen molar-refractivity contribution in [2.24, 2.45) is 0 Å². The molecule has 0 saturated heterocycles. The molecule has 3 aromatic rings. The number of hydrogen-bond donors (Lipinski definition) is 1. The first-order valence-corrected chi connectivity index (χ1v) is 6.30. The number of benzene rings is 1. The van der Waals surface area contributed by atoms with Gasteiger partial charge in [0.15, 0.2) is 5.65 Å². The predicted octanol–water partition coefficient (Wildman–Crippen LogP) is 3.63. The largest absolute Gasteiger partial charge is 0.337 e. The Labute approximate surface area is 122 Å². The monoisotopic (exact) mass is 306 g/mol. The average molecular weight is 307 g/mol. The Kier molecular flexibility index (Phi) is 3.06. The maximum atomic E-state index is 13.6. The van der Waals surface area contributed by atoms with Crippen molar-refractivity contribution in [1.82, 2.24) is 15.0 Å². The number of imidazole rings is 1. The normalized spacial score (nSPS) is 11.0. The third-order valence-electron chi connectivity index (χ3n) is 3.11. The number of hydrogen-bond acceptors (Lipinski definition) is 4. The quantitative estimate of drug-likeness (QED) is 0.445. The zero-order chi connectivity index (χ0) is 15.1. The Bertz CT molecular complexity index is 878. The Morgan fingerprint density at radius 1 is 1.33 bits per heavy atom. The van der Waals surface area contributed by atoms with E-state index in [4.69, 9.17) is 11.6 Å². The fourth-order valence-corrected chi connectivity index (χ4v) is 2.24.